The first kappa shape index (κ1) is 12.4. The molecule has 3 nitrogen and oxygen atoms in total. The number of hydrogen-bond donors (Lipinski definition) is 1. The van der Waals surface area contributed by atoms with Gasteiger partial charge in [-0.2, -0.15) is 9.36 Å². The second kappa shape index (κ2) is 5.10. The van der Waals surface area contributed by atoms with Crippen LogP contribution in [0.5, 0.6) is 0 Å². The molecule has 1 aromatic heterocycles. The van der Waals surface area contributed by atoms with Gasteiger partial charge in [0.15, 0.2) is 5.82 Å². The standard InChI is InChI=1S/C11H11BrFN3S/c1-6(2)14-11-15-10(16-17-11)8-4-3-7(13)5-9(8)12/h3-6H,1-2H3,(H,14,15,16). The van der Waals surface area contributed by atoms with Gasteiger partial charge in [-0.1, -0.05) is 0 Å². The van der Waals surface area contributed by atoms with Gasteiger partial charge in [0.25, 0.3) is 0 Å². The lowest BCUT2D eigenvalue weighted by atomic mass is 10.2. The van der Waals surface area contributed by atoms with Gasteiger partial charge in [-0.05, 0) is 48.0 Å². The summed E-state index contributed by atoms with van der Waals surface area (Å²) in [5.74, 6) is 0.321. The highest BCUT2D eigenvalue weighted by Crippen LogP contribution is 2.28. The molecule has 1 N–H and O–H groups in total. The highest BCUT2D eigenvalue weighted by Gasteiger charge is 2.10. The van der Waals surface area contributed by atoms with E-state index in [0.717, 1.165) is 10.7 Å². The monoisotopic (exact) mass is 315 g/mol. The minimum atomic E-state index is -0.281. The zero-order chi connectivity index (χ0) is 12.4. The minimum Gasteiger partial charge on any atom is -0.358 e. The molecule has 1 aromatic carbocycles. The summed E-state index contributed by atoms with van der Waals surface area (Å²) in [7, 11) is 0. The fourth-order valence-electron chi connectivity index (χ4n) is 1.31. The molecule has 0 bridgehead atoms. The molecular weight excluding hydrogens is 305 g/mol. The Bertz CT molecular complexity index is 527. The van der Waals surface area contributed by atoms with Gasteiger partial charge in [0.1, 0.15) is 5.82 Å². The second-order valence-corrected chi connectivity index (χ2v) is 5.45. The zero-order valence-corrected chi connectivity index (χ0v) is 11.8. The molecule has 2 aromatic rings. The average Bonchev–Trinajstić information content (AvgIpc) is 2.65. The molecule has 0 saturated heterocycles. The number of anilines is 1. The highest BCUT2D eigenvalue weighted by molar-refractivity contribution is 9.10. The number of benzene rings is 1. The fraction of sp³-hybridized carbons (Fsp3) is 0.273. The van der Waals surface area contributed by atoms with Gasteiger partial charge >= 0.3 is 0 Å². The SMILES string of the molecule is CC(C)Nc1nc(-c2ccc(F)cc2Br)ns1. The van der Waals surface area contributed by atoms with Crippen LogP contribution in [0.4, 0.5) is 9.52 Å². The van der Waals surface area contributed by atoms with Crippen molar-refractivity contribution < 1.29 is 4.39 Å². The van der Waals surface area contributed by atoms with Gasteiger partial charge in [-0.3, -0.25) is 0 Å². The third-order valence-electron chi connectivity index (χ3n) is 2.01. The lowest BCUT2D eigenvalue weighted by molar-refractivity contribution is 0.627. The van der Waals surface area contributed by atoms with Crippen molar-refractivity contribution in [1.82, 2.24) is 9.36 Å². The molecule has 0 aliphatic rings. The van der Waals surface area contributed by atoms with Crippen LogP contribution in [0.15, 0.2) is 22.7 Å². The van der Waals surface area contributed by atoms with Gasteiger partial charge in [-0.15, -0.1) is 0 Å². The molecule has 1 heterocycles. The van der Waals surface area contributed by atoms with Gasteiger partial charge in [0.2, 0.25) is 5.13 Å². The smallest absolute Gasteiger partial charge is 0.203 e. The van der Waals surface area contributed by atoms with Crippen molar-refractivity contribution in [3.05, 3.63) is 28.5 Å². The predicted molar refractivity (Wildman–Crippen MR) is 71.8 cm³/mol. The van der Waals surface area contributed by atoms with Crippen molar-refractivity contribution in [2.45, 2.75) is 19.9 Å². The maximum Gasteiger partial charge on any atom is 0.203 e. The maximum absolute atomic E-state index is 13.0. The largest absolute Gasteiger partial charge is 0.358 e. The van der Waals surface area contributed by atoms with Gasteiger partial charge in [0, 0.05) is 27.6 Å². The first-order valence-electron chi connectivity index (χ1n) is 5.12. The van der Waals surface area contributed by atoms with E-state index in [9.17, 15) is 4.39 Å². The molecule has 0 radical (unpaired) electrons. The number of nitrogens with zero attached hydrogens (tertiary/aromatic N) is 2. The van der Waals surface area contributed by atoms with Crippen molar-refractivity contribution in [2.75, 3.05) is 5.32 Å². The maximum atomic E-state index is 13.0. The number of nitrogens with one attached hydrogen (secondary N) is 1. The van der Waals surface area contributed by atoms with Crippen LogP contribution in [0.1, 0.15) is 13.8 Å². The van der Waals surface area contributed by atoms with Crippen molar-refractivity contribution in [3.8, 4) is 11.4 Å². The van der Waals surface area contributed by atoms with E-state index in [0.29, 0.717) is 16.3 Å². The van der Waals surface area contributed by atoms with E-state index in [2.05, 4.69) is 30.6 Å². The molecule has 0 spiro atoms. The van der Waals surface area contributed by atoms with Gasteiger partial charge in [0.05, 0.1) is 0 Å². The van der Waals surface area contributed by atoms with E-state index >= 15 is 0 Å². The minimum absolute atomic E-state index is 0.281. The number of halogens is 2. The molecule has 0 saturated carbocycles. The Morgan fingerprint density at radius 2 is 2.18 bits per heavy atom. The molecule has 17 heavy (non-hydrogen) atoms. The van der Waals surface area contributed by atoms with Crippen LogP contribution >= 0.6 is 27.5 Å². The zero-order valence-electron chi connectivity index (χ0n) is 9.37. The summed E-state index contributed by atoms with van der Waals surface area (Å²) in [5, 5.41) is 3.95. The fourth-order valence-corrected chi connectivity index (χ4v) is 2.57. The van der Waals surface area contributed by atoms with Crippen molar-refractivity contribution in [3.63, 3.8) is 0 Å². The van der Waals surface area contributed by atoms with E-state index in [1.807, 2.05) is 13.8 Å². The third-order valence-corrected chi connectivity index (χ3v) is 3.31. The van der Waals surface area contributed by atoms with E-state index < -0.39 is 0 Å². The topological polar surface area (TPSA) is 37.8 Å². The van der Waals surface area contributed by atoms with Crippen molar-refractivity contribution >= 4 is 32.6 Å². The molecule has 0 aliphatic heterocycles. The van der Waals surface area contributed by atoms with Gasteiger partial charge < -0.3 is 5.32 Å². The normalized spacial score (nSPS) is 10.9. The molecule has 0 fully saturated rings. The van der Waals surface area contributed by atoms with E-state index in [-0.39, 0.29) is 5.82 Å². The van der Waals surface area contributed by atoms with Crippen LogP contribution in [0.3, 0.4) is 0 Å². The van der Waals surface area contributed by atoms with Crippen LogP contribution in [0.25, 0.3) is 11.4 Å². The first-order valence-corrected chi connectivity index (χ1v) is 6.68. The summed E-state index contributed by atoms with van der Waals surface area (Å²) in [6.07, 6.45) is 0. The van der Waals surface area contributed by atoms with E-state index in [1.165, 1.54) is 23.7 Å². The Morgan fingerprint density at radius 3 is 2.82 bits per heavy atom. The molecule has 0 atom stereocenters. The predicted octanol–water partition coefficient (Wildman–Crippen LogP) is 3.93. The Hall–Kier alpha value is -1.01. The van der Waals surface area contributed by atoms with Crippen LogP contribution in [-0.4, -0.2) is 15.4 Å². The van der Waals surface area contributed by atoms with E-state index in [4.69, 9.17) is 0 Å². The van der Waals surface area contributed by atoms with Crippen LogP contribution in [0, 0.1) is 5.82 Å². The summed E-state index contributed by atoms with van der Waals surface area (Å²) in [4.78, 5) is 4.35. The Morgan fingerprint density at radius 1 is 1.41 bits per heavy atom. The second-order valence-electron chi connectivity index (χ2n) is 3.85. The average molecular weight is 316 g/mol. The van der Waals surface area contributed by atoms with Crippen molar-refractivity contribution in [2.24, 2.45) is 0 Å². The summed E-state index contributed by atoms with van der Waals surface area (Å²) >= 11 is 4.61. The number of aromatic nitrogens is 2. The first-order chi connectivity index (χ1) is 8.06. The lowest BCUT2D eigenvalue weighted by Crippen LogP contribution is -2.08. The summed E-state index contributed by atoms with van der Waals surface area (Å²) in [6, 6.07) is 4.79. The van der Waals surface area contributed by atoms with Crippen LogP contribution < -0.4 is 5.32 Å². The molecular formula is C11H11BrFN3S. The summed E-state index contributed by atoms with van der Waals surface area (Å²) in [6.45, 7) is 4.07. The van der Waals surface area contributed by atoms with Crippen LogP contribution in [0.2, 0.25) is 0 Å². The quantitative estimate of drug-likeness (QED) is 0.932. The van der Waals surface area contributed by atoms with Crippen LogP contribution in [-0.2, 0) is 0 Å². The summed E-state index contributed by atoms with van der Waals surface area (Å²) < 4.78 is 17.9. The molecule has 0 unspecified atom stereocenters. The molecule has 2 rings (SSSR count). The molecule has 0 aliphatic carbocycles. The third kappa shape index (κ3) is 3.01. The van der Waals surface area contributed by atoms with Gasteiger partial charge in [-0.25, -0.2) is 4.39 Å². The highest BCUT2D eigenvalue weighted by atomic mass is 79.9. The van der Waals surface area contributed by atoms with Crippen molar-refractivity contribution in [1.29, 1.82) is 0 Å². The Balaban J connectivity index is 2.30. The molecule has 6 heteroatoms. The Kier molecular flexibility index (Phi) is 3.73. The lowest BCUT2D eigenvalue weighted by Gasteiger charge is -2.03. The molecule has 0 amide bonds. The summed E-state index contributed by atoms with van der Waals surface area (Å²) in [5.41, 5.74) is 0.791. The van der Waals surface area contributed by atoms with E-state index in [1.54, 1.807) is 6.07 Å². The molecule has 90 valence electrons. The number of rotatable bonds is 3. The number of hydrogen-bond acceptors (Lipinski definition) is 4. The Labute approximate surface area is 111 Å².